The summed E-state index contributed by atoms with van der Waals surface area (Å²) in [5.74, 6) is 0.623. The molecular formula is C15H21NO3. The van der Waals surface area contributed by atoms with Crippen LogP contribution in [0.3, 0.4) is 0 Å². The van der Waals surface area contributed by atoms with E-state index in [1.165, 1.54) is 19.3 Å². The minimum absolute atomic E-state index is 0.124. The number of carbonyl (C=O) groups excluding carboxylic acids is 1. The summed E-state index contributed by atoms with van der Waals surface area (Å²) in [6, 6.07) is 7.48. The molecule has 1 aromatic carbocycles. The third kappa shape index (κ3) is 4.47. The molecule has 2 rings (SSSR count). The van der Waals surface area contributed by atoms with Crippen molar-refractivity contribution in [3.8, 4) is 5.75 Å². The molecule has 0 aliphatic heterocycles. The molecule has 0 aromatic heterocycles. The van der Waals surface area contributed by atoms with E-state index < -0.39 is 0 Å². The van der Waals surface area contributed by atoms with Crippen molar-refractivity contribution in [2.24, 2.45) is 0 Å². The Balaban J connectivity index is 1.72. The minimum Gasteiger partial charge on any atom is -0.497 e. The van der Waals surface area contributed by atoms with Crippen LogP contribution in [0.5, 0.6) is 5.75 Å². The molecule has 0 unspecified atom stereocenters. The van der Waals surface area contributed by atoms with Crippen LogP contribution < -0.4 is 10.1 Å². The summed E-state index contributed by atoms with van der Waals surface area (Å²) in [7, 11) is 1.63. The van der Waals surface area contributed by atoms with Crippen molar-refractivity contribution in [1.82, 2.24) is 0 Å². The average molecular weight is 263 g/mol. The zero-order chi connectivity index (χ0) is 13.5. The van der Waals surface area contributed by atoms with Crippen molar-refractivity contribution < 1.29 is 14.3 Å². The van der Waals surface area contributed by atoms with Crippen LogP contribution in [0.2, 0.25) is 0 Å². The fourth-order valence-corrected chi connectivity index (χ4v) is 2.29. The molecule has 1 aromatic rings. The molecule has 1 aliphatic rings. The molecule has 19 heavy (non-hydrogen) atoms. The van der Waals surface area contributed by atoms with Gasteiger partial charge in [0.25, 0.3) is 0 Å². The molecule has 104 valence electrons. The zero-order valence-corrected chi connectivity index (χ0v) is 11.4. The molecule has 0 amide bonds. The molecule has 0 heterocycles. The summed E-state index contributed by atoms with van der Waals surface area (Å²) >= 11 is 0. The number of anilines is 1. The third-order valence-corrected chi connectivity index (χ3v) is 3.38. The largest absolute Gasteiger partial charge is 0.497 e. The molecule has 0 spiro atoms. The van der Waals surface area contributed by atoms with Crippen LogP contribution >= 0.6 is 0 Å². The summed E-state index contributed by atoms with van der Waals surface area (Å²) in [6.45, 7) is 0.211. The Morgan fingerprint density at radius 2 is 1.89 bits per heavy atom. The lowest BCUT2D eigenvalue weighted by Crippen LogP contribution is -2.25. The van der Waals surface area contributed by atoms with Gasteiger partial charge in [0.05, 0.1) is 7.11 Å². The monoisotopic (exact) mass is 263 g/mol. The molecule has 0 atom stereocenters. The lowest BCUT2D eigenvalue weighted by atomic mass is 9.98. The van der Waals surface area contributed by atoms with Gasteiger partial charge >= 0.3 is 5.97 Å². The Hall–Kier alpha value is -1.71. The van der Waals surface area contributed by atoms with E-state index in [-0.39, 0.29) is 18.6 Å². The Kier molecular flexibility index (Phi) is 5.07. The van der Waals surface area contributed by atoms with Crippen LogP contribution in [-0.4, -0.2) is 25.7 Å². The number of carbonyl (C=O) groups is 1. The van der Waals surface area contributed by atoms with Gasteiger partial charge in [0.15, 0.2) is 0 Å². The van der Waals surface area contributed by atoms with Gasteiger partial charge in [-0.2, -0.15) is 0 Å². The van der Waals surface area contributed by atoms with Crippen LogP contribution in [0.15, 0.2) is 24.3 Å². The first-order chi connectivity index (χ1) is 9.28. The third-order valence-electron chi connectivity index (χ3n) is 3.38. The highest BCUT2D eigenvalue weighted by molar-refractivity contribution is 5.75. The van der Waals surface area contributed by atoms with E-state index in [9.17, 15) is 4.79 Å². The fourth-order valence-electron chi connectivity index (χ4n) is 2.29. The van der Waals surface area contributed by atoms with Crippen LogP contribution in [0.4, 0.5) is 5.69 Å². The highest BCUT2D eigenvalue weighted by atomic mass is 16.5. The molecule has 1 fully saturated rings. The van der Waals surface area contributed by atoms with Crippen molar-refractivity contribution >= 4 is 11.7 Å². The molecule has 1 N–H and O–H groups in total. The summed E-state index contributed by atoms with van der Waals surface area (Å²) < 4.78 is 10.5. The van der Waals surface area contributed by atoms with Crippen LogP contribution in [0.25, 0.3) is 0 Å². The zero-order valence-electron chi connectivity index (χ0n) is 11.4. The number of esters is 1. The van der Waals surface area contributed by atoms with Gasteiger partial charge in [0, 0.05) is 5.69 Å². The first-order valence-corrected chi connectivity index (χ1v) is 6.85. The number of rotatable bonds is 5. The van der Waals surface area contributed by atoms with E-state index >= 15 is 0 Å². The van der Waals surface area contributed by atoms with Gasteiger partial charge in [-0.05, 0) is 49.9 Å². The van der Waals surface area contributed by atoms with Gasteiger partial charge in [-0.3, -0.25) is 4.79 Å². The Morgan fingerprint density at radius 1 is 1.21 bits per heavy atom. The Morgan fingerprint density at radius 3 is 2.53 bits per heavy atom. The summed E-state index contributed by atoms with van der Waals surface area (Å²) in [5.41, 5.74) is 0.890. The Labute approximate surface area is 114 Å². The minimum atomic E-state index is -0.178. The van der Waals surface area contributed by atoms with Crippen molar-refractivity contribution in [2.45, 2.75) is 38.2 Å². The second-order valence-corrected chi connectivity index (χ2v) is 4.83. The number of ether oxygens (including phenoxy) is 2. The highest BCUT2D eigenvalue weighted by Crippen LogP contribution is 2.20. The van der Waals surface area contributed by atoms with Crippen LogP contribution in [0.1, 0.15) is 32.1 Å². The normalized spacial score (nSPS) is 15.8. The fraction of sp³-hybridized carbons (Fsp3) is 0.533. The first kappa shape index (κ1) is 13.7. The van der Waals surface area contributed by atoms with E-state index in [2.05, 4.69) is 5.32 Å². The molecule has 0 bridgehead atoms. The quantitative estimate of drug-likeness (QED) is 0.830. The van der Waals surface area contributed by atoms with Crippen molar-refractivity contribution in [3.05, 3.63) is 24.3 Å². The summed E-state index contributed by atoms with van der Waals surface area (Å²) in [4.78, 5) is 11.7. The van der Waals surface area contributed by atoms with Gasteiger partial charge in [0.1, 0.15) is 18.4 Å². The molecule has 0 radical (unpaired) electrons. The second kappa shape index (κ2) is 7.02. The standard InChI is InChI=1S/C15H21NO3/c1-18-13-9-7-12(8-10-13)16-11-15(17)19-14-5-3-2-4-6-14/h7-10,14,16H,2-6,11H2,1H3. The molecule has 1 saturated carbocycles. The highest BCUT2D eigenvalue weighted by Gasteiger charge is 2.17. The van der Waals surface area contributed by atoms with Crippen molar-refractivity contribution in [1.29, 1.82) is 0 Å². The van der Waals surface area contributed by atoms with E-state index in [0.717, 1.165) is 24.3 Å². The number of nitrogens with one attached hydrogen (secondary N) is 1. The van der Waals surface area contributed by atoms with E-state index in [1.807, 2.05) is 24.3 Å². The van der Waals surface area contributed by atoms with Crippen LogP contribution in [0, 0.1) is 0 Å². The maximum absolute atomic E-state index is 11.7. The number of hydrogen-bond donors (Lipinski definition) is 1. The molecule has 4 heteroatoms. The summed E-state index contributed by atoms with van der Waals surface area (Å²) in [5, 5.41) is 3.06. The molecular weight excluding hydrogens is 242 g/mol. The maximum Gasteiger partial charge on any atom is 0.325 e. The smallest absolute Gasteiger partial charge is 0.325 e. The number of methoxy groups -OCH3 is 1. The summed E-state index contributed by atoms with van der Waals surface area (Å²) in [6.07, 6.45) is 5.74. The van der Waals surface area contributed by atoms with Crippen molar-refractivity contribution in [3.63, 3.8) is 0 Å². The van der Waals surface area contributed by atoms with Crippen molar-refractivity contribution in [2.75, 3.05) is 19.0 Å². The lowest BCUT2D eigenvalue weighted by Gasteiger charge is -2.21. The number of benzene rings is 1. The van der Waals surface area contributed by atoms with Gasteiger partial charge in [0.2, 0.25) is 0 Å². The SMILES string of the molecule is COc1ccc(NCC(=O)OC2CCCCC2)cc1. The van der Waals surface area contributed by atoms with E-state index in [4.69, 9.17) is 9.47 Å². The van der Waals surface area contributed by atoms with Gasteiger partial charge < -0.3 is 14.8 Å². The Bertz CT molecular complexity index is 396. The lowest BCUT2D eigenvalue weighted by molar-refractivity contribution is -0.148. The average Bonchev–Trinajstić information content (AvgIpc) is 2.47. The topological polar surface area (TPSA) is 47.6 Å². The van der Waals surface area contributed by atoms with E-state index in [1.54, 1.807) is 7.11 Å². The predicted molar refractivity (Wildman–Crippen MR) is 74.4 cm³/mol. The molecule has 1 aliphatic carbocycles. The van der Waals surface area contributed by atoms with Gasteiger partial charge in [-0.25, -0.2) is 0 Å². The van der Waals surface area contributed by atoms with Crippen LogP contribution in [-0.2, 0) is 9.53 Å². The molecule has 0 saturated heterocycles. The van der Waals surface area contributed by atoms with E-state index in [0.29, 0.717) is 0 Å². The second-order valence-electron chi connectivity index (χ2n) is 4.83. The predicted octanol–water partition coefficient (Wildman–Crippen LogP) is 2.98. The molecule has 4 nitrogen and oxygen atoms in total. The van der Waals surface area contributed by atoms with Gasteiger partial charge in [-0.1, -0.05) is 6.42 Å². The number of hydrogen-bond acceptors (Lipinski definition) is 4. The van der Waals surface area contributed by atoms with Gasteiger partial charge in [-0.15, -0.1) is 0 Å². The maximum atomic E-state index is 11.7. The first-order valence-electron chi connectivity index (χ1n) is 6.85.